The van der Waals surface area contributed by atoms with Crippen LogP contribution in [0, 0.1) is 0 Å². The SMILES string of the molecule is O=C(CCSc1ccccc1Br)N(Cc1ccsc1)C1CC1. The molecule has 0 bridgehead atoms. The lowest BCUT2D eigenvalue weighted by Gasteiger charge is -2.22. The Balaban J connectivity index is 1.52. The van der Waals surface area contributed by atoms with Crippen molar-refractivity contribution in [1.29, 1.82) is 0 Å². The van der Waals surface area contributed by atoms with E-state index >= 15 is 0 Å². The molecule has 0 radical (unpaired) electrons. The fourth-order valence-corrected chi connectivity index (χ4v) is 4.51. The lowest BCUT2D eigenvalue weighted by Crippen LogP contribution is -2.32. The molecule has 1 aromatic heterocycles. The zero-order valence-corrected chi connectivity index (χ0v) is 15.4. The van der Waals surface area contributed by atoms with Crippen LogP contribution in [0.15, 0.2) is 50.5 Å². The minimum atomic E-state index is 0.285. The minimum absolute atomic E-state index is 0.285. The van der Waals surface area contributed by atoms with Gasteiger partial charge in [-0.15, -0.1) is 11.8 Å². The van der Waals surface area contributed by atoms with Gasteiger partial charge in [0.05, 0.1) is 0 Å². The van der Waals surface area contributed by atoms with E-state index in [9.17, 15) is 4.79 Å². The Morgan fingerprint density at radius 3 is 2.82 bits per heavy atom. The van der Waals surface area contributed by atoms with Crippen LogP contribution in [-0.2, 0) is 11.3 Å². The second-order valence-electron chi connectivity index (χ2n) is 5.41. The average molecular weight is 396 g/mol. The largest absolute Gasteiger partial charge is 0.335 e. The lowest BCUT2D eigenvalue weighted by atomic mass is 10.3. The Kier molecular flexibility index (Phi) is 5.61. The Morgan fingerprint density at radius 2 is 2.14 bits per heavy atom. The third kappa shape index (κ3) is 4.37. The standard InChI is InChI=1S/C17H18BrNOS2/c18-15-3-1-2-4-16(15)22-10-8-17(20)19(14-5-6-14)11-13-7-9-21-12-13/h1-4,7,9,12,14H,5-6,8,10-11H2. The highest BCUT2D eigenvalue weighted by atomic mass is 79.9. The molecule has 116 valence electrons. The van der Waals surface area contributed by atoms with Gasteiger partial charge in [0.1, 0.15) is 0 Å². The normalized spacial score (nSPS) is 14.0. The Bertz CT molecular complexity index is 625. The van der Waals surface area contributed by atoms with Crippen LogP contribution in [0.5, 0.6) is 0 Å². The maximum Gasteiger partial charge on any atom is 0.223 e. The molecule has 2 nitrogen and oxygen atoms in total. The van der Waals surface area contributed by atoms with Crippen molar-refractivity contribution in [2.24, 2.45) is 0 Å². The lowest BCUT2D eigenvalue weighted by molar-refractivity contribution is -0.131. The van der Waals surface area contributed by atoms with Gasteiger partial charge in [-0.05, 0) is 63.3 Å². The van der Waals surface area contributed by atoms with Crippen LogP contribution in [0.4, 0.5) is 0 Å². The molecule has 0 saturated heterocycles. The van der Waals surface area contributed by atoms with E-state index in [-0.39, 0.29) is 5.91 Å². The van der Waals surface area contributed by atoms with Crippen molar-refractivity contribution in [2.75, 3.05) is 5.75 Å². The fourth-order valence-electron chi connectivity index (χ4n) is 2.34. The van der Waals surface area contributed by atoms with Gasteiger partial charge in [-0.3, -0.25) is 4.79 Å². The number of amides is 1. The fraction of sp³-hybridized carbons (Fsp3) is 0.353. The van der Waals surface area contributed by atoms with Crippen LogP contribution in [-0.4, -0.2) is 22.6 Å². The molecule has 0 unspecified atom stereocenters. The van der Waals surface area contributed by atoms with Crippen LogP contribution >= 0.6 is 39.0 Å². The van der Waals surface area contributed by atoms with Gasteiger partial charge in [-0.1, -0.05) is 12.1 Å². The number of carbonyl (C=O) groups is 1. The van der Waals surface area contributed by atoms with Crippen LogP contribution in [0.1, 0.15) is 24.8 Å². The summed E-state index contributed by atoms with van der Waals surface area (Å²) in [5, 5.41) is 4.21. The van der Waals surface area contributed by atoms with Gasteiger partial charge in [0.15, 0.2) is 0 Å². The van der Waals surface area contributed by atoms with Crippen LogP contribution in [0.3, 0.4) is 0 Å². The van der Waals surface area contributed by atoms with E-state index in [4.69, 9.17) is 0 Å². The molecule has 0 atom stereocenters. The second kappa shape index (κ2) is 7.66. The Morgan fingerprint density at radius 1 is 1.32 bits per heavy atom. The topological polar surface area (TPSA) is 20.3 Å². The van der Waals surface area contributed by atoms with Crippen molar-refractivity contribution in [3.05, 3.63) is 51.1 Å². The third-order valence-electron chi connectivity index (χ3n) is 3.65. The summed E-state index contributed by atoms with van der Waals surface area (Å²) >= 11 is 6.99. The number of hydrogen-bond donors (Lipinski definition) is 0. The van der Waals surface area contributed by atoms with Crippen molar-refractivity contribution < 1.29 is 4.79 Å². The van der Waals surface area contributed by atoms with Gasteiger partial charge in [-0.2, -0.15) is 11.3 Å². The van der Waals surface area contributed by atoms with Crippen molar-refractivity contribution in [3.8, 4) is 0 Å². The number of rotatable bonds is 7. The molecule has 1 aliphatic carbocycles. The summed E-state index contributed by atoms with van der Waals surface area (Å²) in [5.74, 6) is 1.11. The average Bonchev–Trinajstić information content (AvgIpc) is 3.23. The summed E-state index contributed by atoms with van der Waals surface area (Å²) < 4.78 is 1.10. The first kappa shape index (κ1) is 16.1. The highest BCUT2D eigenvalue weighted by Crippen LogP contribution is 2.31. The summed E-state index contributed by atoms with van der Waals surface area (Å²) in [4.78, 5) is 15.8. The molecular formula is C17H18BrNOS2. The van der Waals surface area contributed by atoms with Crippen molar-refractivity contribution >= 4 is 44.9 Å². The molecule has 2 aromatic rings. The number of hydrogen-bond acceptors (Lipinski definition) is 3. The molecule has 1 heterocycles. The number of carbonyl (C=O) groups excluding carboxylic acids is 1. The van der Waals surface area contributed by atoms with E-state index in [0.717, 1.165) is 29.6 Å². The highest BCUT2D eigenvalue weighted by Gasteiger charge is 2.32. The molecule has 1 aliphatic rings. The van der Waals surface area contributed by atoms with E-state index in [2.05, 4.69) is 43.7 Å². The highest BCUT2D eigenvalue weighted by molar-refractivity contribution is 9.10. The molecule has 0 spiro atoms. The monoisotopic (exact) mass is 395 g/mol. The maximum atomic E-state index is 12.5. The molecule has 22 heavy (non-hydrogen) atoms. The molecule has 1 fully saturated rings. The first-order valence-electron chi connectivity index (χ1n) is 7.42. The smallest absolute Gasteiger partial charge is 0.223 e. The van der Waals surface area contributed by atoms with E-state index in [1.54, 1.807) is 23.1 Å². The third-order valence-corrected chi connectivity index (χ3v) is 6.41. The summed E-state index contributed by atoms with van der Waals surface area (Å²) in [5.41, 5.74) is 1.25. The van der Waals surface area contributed by atoms with Crippen LogP contribution < -0.4 is 0 Å². The quantitative estimate of drug-likeness (QED) is 0.601. The molecule has 1 amide bonds. The van der Waals surface area contributed by atoms with E-state index in [0.29, 0.717) is 12.5 Å². The zero-order chi connectivity index (χ0) is 15.4. The molecule has 1 aromatic carbocycles. The predicted molar refractivity (Wildman–Crippen MR) is 97.4 cm³/mol. The van der Waals surface area contributed by atoms with Gasteiger partial charge in [0.25, 0.3) is 0 Å². The molecular weight excluding hydrogens is 378 g/mol. The summed E-state index contributed by atoms with van der Waals surface area (Å²) in [6, 6.07) is 10.8. The minimum Gasteiger partial charge on any atom is -0.335 e. The molecule has 0 aliphatic heterocycles. The van der Waals surface area contributed by atoms with E-state index in [1.807, 2.05) is 18.2 Å². The van der Waals surface area contributed by atoms with Crippen LogP contribution in [0.25, 0.3) is 0 Å². The number of thioether (sulfide) groups is 1. The van der Waals surface area contributed by atoms with Gasteiger partial charge >= 0.3 is 0 Å². The van der Waals surface area contributed by atoms with Gasteiger partial charge in [0, 0.05) is 34.1 Å². The molecule has 5 heteroatoms. The predicted octanol–water partition coefficient (Wildman–Crippen LogP) is 5.18. The van der Waals surface area contributed by atoms with E-state index in [1.165, 1.54) is 10.5 Å². The number of benzene rings is 1. The molecule has 0 N–H and O–H groups in total. The van der Waals surface area contributed by atoms with Crippen LogP contribution in [0.2, 0.25) is 0 Å². The number of nitrogens with zero attached hydrogens (tertiary/aromatic N) is 1. The van der Waals surface area contributed by atoms with Gasteiger partial charge in [0.2, 0.25) is 5.91 Å². The van der Waals surface area contributed by atoms with Gasteiger partial charge in [-0.25, -0.2) is 0 Å². The van der Waals surface area contributed by atoms with Crippen molar-refractivity contribution in [1.82, 2.24) is 4.90 Å². The summed E-state index contributed by atoms with van der Waals surface area (Å²) in [7, 11) is 0. The Labute approximate surface area is 148 Å². The summed E-state index contributed by atoms with van der Waals surface area (Å²) in [6.45, 7) is 0.771. The number of thiophene rings is 1. The van der Waals surface area contributed by atoms with E-state index < -0.39 is 0 Å². The maximum absolute atomic E-state index is 12.5. The molecule has 1 saturated carbocycles. The Hall–Kier alpha value is -0.780. The molecule has 3 rings (SSSR count). The second-order valence-corrected chi connectivity index (χ2v) is 8.18. The van der Waals surface area contributed by atoms with Crippen molar-refractivity contribution in [3.63, 3.8) is 0 Å². The van der Waals surface area contributed by atoms with Crippen molar-refractivity contribution in [2.45, 2.75) is 36.7 Å². The summed E-state index contributed by atoms with van der Waals surface area (Å²) in [6.07, 6.45) is 2.92. The first-order valence-corrected chi connectivity index (χ1v) is 10.1. The zero-order valence-electron chi connectivity index (χ0n) is 12.2. The number of halogens is 1. The first-order chi connectivity index (χ1) is 10.7. The van der Waals surface area contributed by atoms with Gasteiger partial charge < -0.3 is 4.90 Å².